The van der Waals surface area contributed by atoms with Crippen molar-refractivity contribution in [3.63, 3.8) is 0 Å². The lowest BCUT2D eigenvalue weighted by molar-refractivity contribution is -0.359. The topological polar surface area (TPSA) is 228 Å². The number of hydrogen-bond donors (Lipinski definition) is 9. The first-order chi connectivity index (χ1) is 29.1. The van der Waals surface area contributed by atoms with Gasteiger partial charge in [0.1, 0.15) is 48.8 Å². The van der Waals surface area contributed by atoms with Gasteiger partial charge in [0.15, 0.2) is 12.6 Å². The predicted octanol–water partition coefficient (Wildman–Crippen LogP) is 4.99. The average molecular weight is 860 g/mol. The van der Waals surface area contributed by atoms with Crippen LogP contribution in [0.2, 0.25) is 0 Å². The summed E-state index contributed by atoms with van der Waals surface area (Å²) in [6, 6.07) is -0.924. The fourth-order valence-electron chi connectivity index (χ4n) is 7.72. The van der Waals surface area contributed by atoms with Crippen molar-refractivity contribution >= 4 is 5.91 Å². The maximum atomic E-state index is 13.1. The number of carbonyl (C=O) groups excluding carboxylic acids is 1. The summed E-state index contributed by atoms with van der Waals surface area (Å²) in [6.45, 7) is 2.73. The van der Waals surface area contributed by atoms with Crippen molar-refractivity contribution in [1.29, 1.82) is 0 Å². The second-order valence-electron chi connectivity index (χ2n) is 16.9. The van der Waals surface area contributed by atoms with E-state index in [1.807, 2.05) is 6.08 Å². The molecule has 60 heavy (non-hydrogen) atoms. The van der Waals surface area contributed by atoms with Gasteiger partial charge in [-0.05, 0) is 32.1 Å². The summed E-state index contributed by atoms with van der Waals surface area (Å²) in [5.74, 6) is -0.253. The minimum atomic E-state index is -1.79. The van der Waals surface area contributed by atoms with E-state index in [2.05, 4.69) is 31.3 Å². The molecule has 0 spiro atoms. The first-order valence-electron chi connectivity index (χ1n) is 23.6. The minimum absolute atomic E-state index is 0.253. The Morgan fingerprint density at radius 2 is 1.07 bits per heavy atom. The molecule has 0 aromatic rings. The van der Waals surface area contributed by atoms with Gasteiger partial charge in [0.25, 0.3) is 0 Å². The smallest absolute Gasteiger partial charge is 0.220 e. The minimum Gasteiger partial charge on any atom is -0.394 e. The number of unbranched alkanes of at least 4 members (excludes halogenated alkanes) is 20. The molecular weight excluding hydrogens is 774 g/mol. The Balaban J connectivity index is 1.90. The van der Waals surface area contributed by atoms with Gasteiger partial charge in [-0.15, -0.1) is 0 Å². The summed E-state index contributed by atoms with van der Waals surface area (Å²) in [7, 11) is 0. The Morgan fingerprint density at radius 3 is 1.63 bits per heavy atom. The molecule has 2 rings (SSSR count). The van der Waals surface area contributed by atoms with E-state index in [1.54, 1.807) is 6.08 Å². The zero-order valence-electron chi connectivity index (χ0n) is 36.9. The van der Waals surface area contributed by atoms with Crippen LogP contribution >= 0.6 is 0 Å². The molecule has 1 amide bonds. The molecule has 0 radical (unpaired) electrons. The molecule has 12 atom stereocenters. The van der Waals surface area contributed by atoms with E-state index in [4.69, 9.17) is 18.9 Å². The summed E-state index contributed by atoms with van der Waals surface area (Å²) >= 11 is 0. The molecule has 14 heteroatoms. The Morgan fingerprint density at radius 1 is 0.583 bits per heavy atom. The maximum Gasteiger partial charge on any atom is 0.220 e. The highest BCUT2D eigenvalue weighted by Gasteiger charge is 2.50. The molecule has 2 saturated heterocycles. The van der Waals surface area contributed by atoms with Crippen LogP contribution in [0, 0.1) is 0 Å². The SMILES string of the molecule is CCCCCCCCCCCC/C=C/CC/C=C/C(O)C(COC1OC(CO)C(OC2OC(CO)C(O)C(O)C2O)C(O)C1O)NC(=O)CCCCCCCCCCCC. The van der Waals surface area contributed by atoms with E-state index >= 15 is 0 Å². The highest BCUT2D eigenvalue weighted by Crippen LogP contribution is 2.30. The number of aliphatic hydroxyl groups excluding tert-OH is 8. The van der Waals surface area contributed by atoms with Gasteiger partial charge >= 0.3 is 0 Å². The summed E-state index contributed by atoms with van der Waals surface area (Å²) in [6.07, 6.45) is 18.0. The molecule has 2 aliphatic heterocycles. The van der Waals surface area contributed by atoms with Gasteiger partial charge in [-0.2, -0.15) is 0 Å². The lowest BCUT2D eigenvalue weighted by Crippen LogP contribution is -2.65. The molecule has 0 aliphatic carbocycles. The van der Waals surface area contributed by atoms with Crippen LogP contribution in [-0.4, -0.2) is 140 Å². The van der Waals surface area contributed by atoms with Gasteiger partial charge in [0, 0.05) is 6.42 Å². The molecule has 0 aromatic carbocycles. The zero-order chi connectivity index (χ0) is 44.0. The van der Waals surface area contributed by atoms with E-state index in [1.165, 1.54) is 103 Å². The summed E-state index contributed by atoms with van der Waals surface area (Å²) in [5, 5.41) is 86.4. The molecule has 14 nitrogen and oxygen atoms in total. The van der Waals surface area contributed by atoms with Crippen LogP contribution in [-0.2, 0) is 23.7 Å². The first-order valence-corrected chi connectivity index (χ1v) is 23.6. The van der Waals surface area contributed by atoms with Crippen molar-refractivity contribution in [2.45, 2.75) is 242 Å². The van der Waals surface area contributed by atoms with Gasteiger partial charge in [-0.3, -0.25) is 4.79 Å². The molecule has 2 fully saturated rings. The van der Waals surface area contributed by atoms with Crippen molar-refractivity contribution < 1.29 is 64.6 Å². The number of nitrogens with one attached hydrogen (secondary N) is 1. The van der Waals surface area contributed by atoms with Gasteiger partial charge in [0.05, 0.1) is 32.0 Å². The number of carbonyl (C=O) groups is 1. The molecule has 0 bridgehead atoms. The van der Waals surface area contributed by atoms with Crippen molar-refractivity contribution in [2.75, 3.05) is 19.8 Å². The first kappa shape index (κ1) is 54.6. The van der Waals surface area contributed by atoms with Crippen LogP contribution in [0.15, 0.2) is 24.3 Å². The van der Waals surface area contributed by atoms with Crippen LogP contribution in [0.1, 0.15) is 168 Å². The van der Waals surface area contributed by atoms with Crippen LogP contribution in [0.3, 0.4) is 0 Å². The quantitative estimate of drug-likeness (QED) is 0.0303. The number of allylic oxidation sites excluding steroid dienone is 3. The van der Waals surface area contributed by atoms with Crippen LogP contribution < -0.4 is 5.32 Å². The molecule has 9 N–H and O–H groups in total. The third-order valence-electron chi connectivity index (χ3n) is 11.6. The number of aliphatic hydroxyl groups is 8. The van der Waals surface area contributed by atoms with Gasteiger partial charge < -0.3 is 65.1 Å². The van der Waals surface area contributed by atoms with Crippen molar-refractivity contribution in [3.05, 3.63) is 24.3 Å². The number of amides is 1. The lowest BCUT2D eigenvalue weighted by atomic mass is 9.97. The molecule has 2 heterocycles. The van der Waals surface area contributed by atoms with E-state index in [9.17, 15) is 45.6 Å². The van der Waals surface area contributed by atoms with E-state index in [-0.39, 0.29) is 18.9 Å². The molecular formula is C46H85NO13. The monoisotopic (exact) mass is 860 g/mol. The fourth-order valence-corrected chi connectivity index (χ4v) is 7.72. The van der Waals surface area contributed by atoms with Crippen molar-refractivity contribution in [2.24, 2.45) is 0 Å². The second kappa shape index (κ2) is 34.0. The standard InChI is InChI=1S/C46H85NO13/c1-3-5-7-9-11-13-15-16-17-18-19-20-21-23-25-27-29-35(50)34(47-38(51)30-28-26-24-22-14-12-10-8-6-4-2)33-57-45-43(56)41(54)44(37(32-49)59-45)60-46-42(55)40(53)39(52)36(31-48)58-46/h20-21,27,29,34-37,39-46,48-50,52-56H,3-19,22-26,28,30-33H2,1-2H3,(H,47,51)/b21-20+,29-27+. The number of hydrogen-bond acceptors (Lipinski definition) is 13. The largest absolute Gasteiger partial charge is 0.394 e. The third-order valence-corrected chi connectivity index (χ3v) is 11.6. The van der Waals surface area contributed by atoms with Crippen LogP contribution in [0.4, 0.5) is 0 Å². The number of ether oxygens (including phenoxy) is 4. The van der Waals surface area contributed by atoms with Crippen LogP contribution in [0.25, 0.3) is 0 Å². The Bertz CT molecular complexity index is 1110. The molecule has 2 aliphatic rings. The Labute approximate surface area is 360 Å². The summed E-state index contributed by atoms with van der Waals surface area (Å²) < 4.78 is 22.6. The van der Waals surface area contributed by atoms with Gasteiger partial charge in [-0.1, -0.05) is 154 Å². The predicted molar refractivity (Wildman–Crippen MR) is 231 cm³/mol. The highest BCUT2D eigenvalue weighted by atomic mass is 16.7. The molecule has 0 saturated carbocycles. The molecule has 12 unspecified atom stereocenters. The lowest BCUT2D eigenvalue weighted by Gasteiger charge is -2.46. The average Bonchev–Trinajstić information content (AvgIpc) is 3.24. The van der Waals surface area contributed by atoms with Gasteiger partial charge in [-0.25, -0.2) is 0 Å². The molecule has 0 aromatic heterocycles. The Kier molecular flexibility index (Phi) is 30.9. The van der Waals surface area contributed by atoms with Gasteiger partial charge in [0.2, 0.25) is 5.91 Å². The maximum absolute atomic E-state index is 13.1. The zero-order valence-corrected chi connectivity index (χ0v) is 36.9. The van der Waals surface area contributed by atoms with E-state index in [0.717, 1.165) is 32.1 Å². The third kappa shape index (κ3) is 21.7. The summed E-state index contributed by atoms with van der Waals surface area (Å²) in [5.41, 5.74) is 0. The molecule has 352 valence electrons. The summed E-state index contributed by atoms with van der Waals surface area (Å²) in [4.78, 5) is 13.1. The van der Waals surface area contributed by atoms with Crippen molar-refractivity contribution in [3.8, 4) is 0 Å². The normalized spacial score (nSPS) is 28.4. The fraction of sp³-hybridized carbons (Fsp3) is 0.891. The van der Waals surface area contributed by atoms with E-state index < -0.39 is 86.8 Å². The highest BCUT2D eigenvalue weighted by molar-refractivity contribution is 5.76. The van der Waals surface area contributed by atoms with Crippen molar-refractivity contribution in [1.82, 2.24) is 5.32 Å². The second-order valence-corrected chi connectivity index (χ2v) is 16.9. The van der Waals surface area contributed by atoms with E-state index in [0.29, 0.717) is 12.8 Å². The Hall–Kier alpha value is -1.53. The number of rotatable bonds is 35. The van der Waals surface area contributed by atoms with Crippen LogP contribution in [0.5, 0.6) is 0 Å².